The Hall–Kier alpha value is -1.39. The number of hydrogen-bond acceptors (Lipinski definition) is 3. The molecule has 1 heterocycles. The first-order chi connectivity index (χ1) is 8.59. The van der Waals surface area contributed by atoms with Crippen LogP contribution in [0.3, 0.4) is 0 Å². The third-order valence-electron chi connectivity index (χ3n) is 2.94. The lowest BCUT2D eigenvalue weighted by molar-refractivity contribution is 0.888. The highest BCUT2D eigenvalue weighted by Crippen LogP contribution is 2.26. The number of anilines is 1. The fraction of sp³-hybridized carbons (Fsp3) is 0.214. The molecule has 4 heteroatoms. The highest BCUT2D eigenvalue weighted by atomic mass is 32.1. The maximum Gasteiger partial charge on any atom is 0.106 e. The minimum Gasteiger partial charge on any atom is -0.389 e. The van der Waals surface area contributed by atoms with Crippen molar-refractivity contribution < 1.29 is 0 Å². The lowest BCUT2D eigenvalue weighted by Crippen LogP contribution is -2.15. The van der Waals surface area contributed by atoms with E-state index in [1.807, 2.05) is 12.1 Å². The Bertz CT molecular complexity index is 547. The molecule has 2 aromatic rings. The normalized spacial score (nSPS) is 12.1. The molecule has 1 aromatic carbocycles. The Kier molecular flexibility index (Phi) is 3.99. The van der Waals surface area contributed by atoms with Gasteiger partial charge in [0.25, 0.3) is 0 Å². The van der Waals surface area contributed by atoms with Crippen LogP contribution in [0.2, 0.25) is 0 Å². The summed E-state index contributed by atoms with van der Waals surface area (Å²) < 4.78 is 0. The van der Waals surface area contributed by atoms with Gasteiger partial charge in [-0.2, -0.15) is 11.3 Å². The summed E-state index contributed by atoms with van der Waals surface area (Å²) in [6.45, 7) is 4.20. The van der Waals surface area contributed by atoms with E-state index < -0.39 is 0 Å². The molecule has 0 aliphatic carbocycles. The van der Waals surface area contributed by atoms with E-state index in [1.54, 1.807) is 11.3 Å². The van der Waals surface area contributed by atoms with Crippen molar-refractivity contribution in [2.24, 2.45) is 5.73 Å². The van der Waals surface area contributed by atoms with Crippen molar-refractivity contribution in [3.05, 3.63) is 51.7 Å². The van der Waals surface area contributed by atoms with Crippen LogP contribution in [0.25, 0.3) is 0 Å². The molecule has 0 saturated heterocycles. The number of nitrogens with one attached hydrogen (secondary N) is 1. The average molecular weight is 276 g/mol. The molecule has 0 spiro atoms. The van der Waals surface area contributed by atoms with Crippen LogP contribution < -0.4 is 11.1 Å². The fourth-order valence-electron chi connectivity index (χ4n) is 1.89. The molecule has 2 rings (SSSR count). The van der Waals surface area contributed by atoms with E-state index in [1.165, 1.54) is 5.56 Å². The lowest BCUT2D eigenvalue weighted by atomic mass is 10.1. The van der Waals surface area contributed by atoms with Crippen LogP contribution in [-0.2, 0) is 0 Å². The Balaban J connectivity index is 2.31. The number of aryl methyl sites for hydroxylation is 1. The molecule has 0 bridgehead atoms. The summed E-state index contributed by atoms with van der Waals surface area (Å²) in [5.41, 5.74) is 10.1. The molecular formula is C14H16N2S2. The van der Waals surface area contributed by atoms with E-state index in [-0.39, 0.29) is 6.04 Å². The van der Waals surface area contributed by atoms with Gasteiger partial charge in [-0.15, -0.1) is 0 Å². The van der Waals surface area contributed by atoms with Gasteiger partial charge in [-0.25, -0.2) is 0 Å². The minimum absolute atomic E-state index is 0.241. The van der Waals surface area contributed by atoms with E-state index >= 15 is 0 Å². The van der Waals surface area contributed by atoms with E-state index in [0.717, 1.165) is 16.8 Å². The van der Waals surface area contributed by atoms with Crippen molar-refractivity contribution in [2.45, 2.75) is 19.9 Å². The fourth-order valence-corrected chi connectivity index (χ4v) is 2.81. The topological polar surface area (TPSA) is 38.0 Å². The Labute approximate surface area is 117 Å². The first-order valence-electron chi connectivity index (χ1n) is 5.77. The van der Waals surface area contributed by atoms with Crippen molar-refractivity contribution in [3.8, 4) is 0 Å². The van der Waals surface area contributed by atoms with E-state index in [0.29, 0.717) is 4.99 Å². The van der Waals surface area contributed by atoms with Gasteiger partial charge >= 0.3 is 0 Å². The second kappa shape index (κ2) is 5.50. The molecule has 0 aliphatic rings. The smallest absolute Gasteiger partial charge is 0.106 e. The van der Waals surface area contributed by atoms with Gasteiger partial charge < -0.3 is 11.1 Å². The quantitative estimate of drug-likeness (QED) is 0.833. The number of hydrogen-bond donors (Lipinski definition) is 2. The summed E-state index contributed by atoms with van der Waals surface area (Å²) in [6.07, 6.45) is 0. The zero-order chi connectivity index (χ0) is 13.1. The van der Waals surface area contributed by atoms with Crippen molar-refractivity contribution in [1.82, 2.24) is 0 Å². The zero-order valence-electron chi connectivity index (χ0n) is 10.4. The van der Waals surface area contributed by atoms with Crippen LogP contribution >= 0.6 is 23.6 Å². The summed E-state index contributed by atoms with van der Waals surface area (Å²) in [4.78, 5) is 0.429. The molecule has 18 heavy (non-hydrogen) atoms. The molecule has 0 aliphatic heterocycles. The van der Waals surface area contributed by atoms with Crippen LogP contribution in [0.15, 0.2) is 35.0 Å². The number of thiophene rings is 1. The van der Waals surface area contributed by atoms with E-state index in [9.17, 15) is 0 Å². The number of thiocarbonyl (C=S) groups is 1. The molecule has 0 amide bonds. The van der Waals surface area contributed by atoms with Crippen LogP contribution in [0.1, 0.15) is 29.7 Å². The summed E-state index contributed by atoms with van der Waals surface area (Å²) >= 11 is 6.80. The number of nitrogens with two attached hydrogens (primary N) is 1. The first-order valence-corrected chi connectivity index (χ1v) is 7.12. The third kappa shape index (κ3) is 2.71. The molecule has 1 unspecified atom stereocenters. The van der Waals surface area contributed by atoms with Crippen LogP contribution in [-0.4, -0.2) is 4.99 Å². The summed E-state index contributed by atoms with van der Waals surface area (Å²) in [7, 11) is 0. The molecule has 2 nitrogen and oxygen atoms in total. The third-order valence-corrected chi connectivity index (χ3v) is 3.86. The van der Waals surface area contributed by atoms with Crippen LogP contribution in [0, 0.1) is 6.92 Å². The van der Waals surface area contributed by atoms with Gasteiger partial charge in [0.15, 0.2) is 0 Å². The predicted molar refractivity (Wildman–Crippen MR) is 83.4 cm³/mol. The largest absolute Gasteiger partial charge is 0.389 e. The molecule has 0 radical (unpaired) electrons. The van der Waals surface area contributed by atoms with Gasteiger partial charge in [0.1, 0.15) is 4.99 Å². The lowest BCUT2D eigenvalue weighted by Gasteiger charge is -2.19. The zero-order valence-corrected chi connectivity index (χ0v) is 12.1. The highest BCUT2D eigenvalue weighted by Gasteiger charge is 2.12. The van der Waals surface area contributed by atoms with E-state index in [4.69, 9.17) is 18.0 Å². The Morgan fingerprint density at radius 1 is 1.39 bits per heavy atom. The first kappa shape index (κ1) is 13.1. The van der Waals surface area contributed by atoms with Gasteiger partial charge in [-0.1, -0.05) is 24.4 Å². The molecule has 3 N–H and O–H groups in total. The van der Waals surface area contributed by atoms with Crippen molar-refractivity contribution in [1.29, 1.82) is 0 Å². The van der Waals surface area contributed by atoms with Crippen LogP contribution in [0.4, 0.5) is 5.69 Å². The molecule has 0 fully saturated rings. The summed E-state index contributed by atoms with van der Waals surface area (Å²) in [5, 5.41) is 7.73. The minimum atomic E-state index is 0.241. The van der Waals surface area contributed by atoms with Gasteiger partial charge in [0.2, 0.25) is 0 Å². The average Bonchev–Trinajstić information content (AvgIpc) is 2.85. The highest BCUT2D eigenvalue weighted by molar-refractivity contribution is 7.80. The van der Waals surface area contributed by atoms with Crippen LogP contribution in [0.5, 0.6) is 0 Å². The van der Waals surface area contributed by atoms with Crippen molar-refractivity contribution in [3.63, 3.8) is 0 Å². The summed E-state index contributed by atoms with van der Waals surface area (Å²) in [6, 6.07) is 8.36. The SMILES string of the molecule is Cc1cccc(C(N)=S)c1NC(C)c1ccsc1. The maximum absolute atomic E-state index is 5.77. The Morgan fingerprint density at radius 2 is 2.17 bits per heavy atom. The maximum atomic E-state index is 5.77. The molecule has 1 aromatic heterocycles. The van der Waals surface area contributed by atoms with Crippen molar-refractivity contribution in [2.75, 3.05) is 5.32 Å². The number of rotatable bonds is 4. The number of para-hydroxylation sites is 1. The van der Waals surface area contributed by atoms with Gasteiger partial charge in [-0.3, -0.25) is 0 Å². The van der Waals surface area contributed by atoms with E-state index in [2.05, 4.69) is 42.1 Å². The summed E-state index contributed by atoms with van der Waals surface area (Å²) in [5.74, 6) is 0. The number of benzene rings is 1. The monoisotopic (exact) mass is 276 g/mol. The van der Waals surface area contributed by atoms with Gasteiger partial charge in [0.05, 0.1) is 0 Å². The second-order valence-electron chi connectivity index (χ2n) is 4.28. The standard InChI is InChI=1S/C14H16N2S2/c1-9-4-3-5-12(14(15)17)13(9)16-10(2)11-6-7-18-8-11/h3-8,10,16H,1-2H3,(H2,15,17). The molecule has 94 valence electrons. The van der Waals surface area contributed by atoms with Gasteiger partial charge in [-0.05, 0) is 47.9 Å². The van der Waals surface area contributed by atoms with Crippen molar-refractivity contribution >= 4 is 34.2 Å². The Morgan fingerprint density at radius 3 is 2.78 bits per heavy atom. The molecule has 1 atom stereocenters. The predicted octanol–water partition coefficient (Wildman–Crippen LogP) is 3.86. The van der Waals surface area contributed by atoms with Gasteiger partial charge in [0, 0.05) is 17.3 Å². The molecular weight excluding hydrogens is 260 g/mol. The molecule has 0 saturated carbocycles. The second-order valence-corrected chi connectivity index (χ2v) is 5.50.